The number of piperidine rings is 1. The maximum atomic E-state index is 12.7. The van der Waals surface area contributed by atoms with Crippen LogP contribution in [0.15, 0.2) is 67.0 Å². The van der Waals surface area contributed by atoms with E-state index in [9.17, 15) is 4.79 Å². The van der Waals surface area contributed by atoms with Gasteiger partial charge in [0, 0.05) is 35.8 Å². The lowest BCUT2D eigenvalue weighted by Crippen LogP contribution is -2.40. The first-order valence-electron chi connectivity index (χ1n) is 9.58. The fourth-order valence-electron chi connectivity index (χ4n) is 3.69. The van der Waals surface area contributed by atoms with Crippen LogP contribution in [0, 0.1) is 0 Å². The van der Waals surface area contributed by atoms with Crippen molar-refractivity contribution >= 4 is 17.5 Å². The van der Waals surface area contributed by atoms with Crippen LogP contribution in [-0.4, -0.2) is 33.9 Å². The number of amides is 1. The number of nitrogens with zero attached hydrogens (tertiary/aromatic N) is 3. The van der Waals surface area contributed by atoms with Crippen molar-refractivity contribution in [1.82, 2.24) is 14.9 Å². The second-order valence-corrected chi connectivity index (χ2v) is 7.62. The summed E-state index contributed by atoms with van der Waals surface area (Å²) in [6, 6.07) is 17.5. The van der Waals surface area contributed by atoms with E-state index in [0.717, 1.165) is 41.9 Å². The highest BCUT2D eigenvalue weighted by atomic mass is 35.5. The Kier molecular flexibility index (Phi) is 5.68. The monoisotopic (exact) mass is 391 g/mol. The fraction of sp³-hybridized carbons (Fsp3) is 0.261. The van der Waals surface area contributed by atoms with Gasteiger partial charge in [0.25, 0.3) is 0 Å². The van der Waals surface area contributed by atoms with Crippen LogP contribution in [0.3, 0.4) is 0 Å². The topological polar surface area (TPSA) is 46.1 Å². The van der Waals surface area contributed by atoms with Crippen LogP contribution in [-0.2, 0) is 11.2 Å². The van der Waals surface area contributed by atoms with Crippen LogP contribution in [0.25, 0.3) is 11.3 Å². The molecule has 0 spiro atoms. The van der Waals surface area contributed by atoms with Gasteiger partial charge in [0.05, 0.1) is 24.0 Å². The minimum absolute atomic E-state index is 0.176. The average molecular weight is 392 g/mol. The zero-order valence-electron chi connectivity index (χ0n) is 15.6. The Balaban J connectivity index is 1.49. The third-order valence-electron chi connectivity index (χ3n) is 5.16. The molecule has 2 heterocycles. The lowest BCUT2D eigenvalue weighted by atomic mass is 9.94. The quantitative estimate of drug-likeness (QED) is 0.645. The summed E-state index contributed by atoms with van der Waals surface area (Å²) in [6.07, 6.45) is 6.03. The van der Waals surface area contributed by atoms with Gasteiger partial charge in [-0.05, 0) is 30.5 Å². The van der Waals surface area contributed by atoms with Crippen molar-refractivity contribution in [3.05, 3.63) is 83.3 Å². The van der Waals surface area contributed by atoms with Crippen molar-refractivity contribution in [2.45, 2.75) is 25.2 Å². The smallest absolute Gasteiger partial charge is 0.227 e. The Bertz CT molecular complexity index is 961. The first-order valence-corrected chi connectivity index (χ1v) is 9.96. The van der Waals surface area contributed by atoms with Gasteiger partial charge in [-0.25, -0.2) is 4.98 Å². The Labute approximate surface area is 170 Å². The van der Waals surface area contributed by atoms with E-state index in [2.05, 4.69) is 4.98 Å². The second-order valence-electron chi connectivity index (χ2n) is 7.18. The highest BCUT2D eigenvalue weighted by Gasteiger charge is 2.26. The molecule has 0 N–H and O–H groups in total. The van der Waals surface area contributed by atoms with Crippen molar-refractivity contribution in [1.29, 1.82) is 0 Å². The normalized spacial score (nSPS) is 16.8. The fourth-order valence-corrected chi connectivity index (χ4v) is 3.88. The summed E-state index contributed by atoms with van der Waals surface area (Å²) in [5, 5.41) is 0.681. The lowest BCUT2D eigenvalue weighted by molar-refractivity contribution is -0.131. The van der Waals surface area contributed by atoms with E-state index >= 15 is 0 Å². The first kappa shape index (κ1) is 18.6. The van der Waals surface area contributed by atoms with E-state index in [0.29, 0.717) is 18.0 Å². The molecule has 1 saturated heterocycles. The number of rotatable bonds is 4. The van der Waals surface area contributed by atoms with E-state index in [1.54, 1.807) is 6.20 Å². The number of aromatic nitrogens is 2. The molecule has 0 bridgehead atoms. The molecule has 1 aromatic heterocycles. The van der Waals surface area contributed by atoms with Crippen molar-refractivity contribution < 1.29 is 4.79 Å². The maximum absolute atomic E-state index is 12.7. The first-order chi connectivity index (χ1) is 13.7. The SMILES string of the molecule is O=C(Cc1ccccc1)N1CCC[C@H](c2cncc(-c3cccc(Cl)c3)n2)C1. The number of halogens is 1. The van der Waals surface area contributed by atoms with Gasteiger partial charge >= 0.3 is 0 Å². The molecule has 1 aliphatic rings. The number of carbonyl (C=O) groups is 1. The minimum atomic E-state index is 0.176. The summed E-state index contributed by atoms with van der Waals surface area (Å²) in [5.41, 5.74) is 3.76. The number of carbonyl (C=O) groups excluding carboxylic acids is 1. The third kappa shape index (κ3) is 4.39. The molecule has 2 aromatic carbocycles. The zero-order chi connectivity index (χ0) is 19.3. The second kappa shape index (κ2) is 8.53. The van der Waals surface area contributed by atoms with Crippen molar-refractivity contribution in [3.63, 3.8) is 0 Å². The summed E-state index contributed by atoms with van der Waals surface area (Å²) in [7, 11) is 0. The zero-order valence-corrected chi connectivity index (χ0v) is 16.3. The molecule has 0 unspecified atom stereocenters. The summed E-state index contributed by atoms with van der Waals surface area (Å²) >= 11 is 6.11. The summed E-state index contributed by atoms with van der Waals surface area (Å²) in [6.45, 7) is 1.50. The predicted octanol–water partition coefficient (Wildman–Crippen LogP) is 4.75. The molecule has 4 rings (SSSR count). The molecular weight excluding hydrogens is 370 g/mol. The molecule has 0 saturated carbocycles. The Morgan fingerprint density at radius 2 is 1.96 bits per heavy atom. The van der Waals surface area contributed by atoms with Gasteiger partial charge < -0.3 is 4.90 Å². The number of hydrogen-bond donors (Lipinski definition) is 0. The van der Waals surface area contributed by atoms with Crippen LogP contribution in [0.5, 0.6) is 0 Å². The Hall–Kier alpha value is -2.72. The lowest BCUT2D eigenvalue weighted by Gasteiger charge is -2.32. The van der Waals surface area contributed by atoms with E-state index in [-0.39, 0.29) is 11.8 Å². The number of likely N-dealkylation sites (tertiary alicyclic amines) is 1. The minimum Gasteiger partial charge on any atom is -0.342 e. The summed E-state index contributed by atoms with van der Waals surface area (Å²) in [5.74, 6) is 0.384. The van der Waals surface area contributed by atoms with E-state index in [4.69, 9.17) is 16.6 Å². The molecule has 1 fully saturated rings. The average Bonchev–Trinajstić information content (AvgIpc) is 2.75. The van der Waals surface area contributed by atoms with Gasteiger partial charge in [-0.1, -0.05) is 54.1 Å². The van der Waals surface area contributed by atoms with Crippen molar-refractivity contribution in [2.24, 2.45) is 0 Å². The molecule has 4 nitrogen and oxygen atoms in total. The van der Waals surface area contributed by atoms with Gasteiger partial charge in [0.15, 0.2) is 0 Å². The van der Waals surface area contributed by atoms with Gasteiger partial charge in [0.2, 0.25) is 5.91 Å². The van der Waals surface area contributed by atoms with Gasteiger partial charge in [-0.3, -0.25) is 9.78 Å². The highest BCUT2D eigenvalue weighted by Crippen LogP contribution is 2.28. The van der Waals surface area contributed by atoms with Gasteiger partial charge in [0.1, 0.15) is 0 Å². The van der Waals surface area contributed by atoms with E-state index in [1.807, 2.05) is 65.7 Å². The van der Waals surface area contributed by atoms with Crippen LogP contribution in [0.4, 0.5) is 0 Å². The molecule has 0 radical (unpaired) electrons. The van der Waals surface area contributed by atoms with Crippen molar-refractivity contribution in [3.8, 4) is 11.3 Å². The predicted molar refractivity (Wildman–Crippen MR) is 111 cm³/mol. The van der Waals surface area contributed by atoms with E-state index in [1.165, 1.54) is 0 Å². The van der Waals surface area contributed by atoms with Crippen LogP contribution < -0.4 is 0 Å². The third-order valence-corrected chi connectivity index (χ3v) is 5.40. The Morgan fingerprint density at radius 3 is 2.79 bits per heavy atom. The molecule has 0 aliphatic carbocycles. The molecule has 1 atom stereocenters. The number of hydrogen-bond acceptors (Lipinski definition) is 3. The summed E-state index contributed by atoms with van der Waals surface area (Å²) in [4.78, 5) is 23.9. The van der Waals surface area contributed by atoms with Crippen LogP contribution >= 0.6 is 11.6 Å². The standard InChI is InChI=1S/C23H22ClN3O/c24-20-10-4-8-18(13-20)21-14-25-15-22(26-21)19-9-5-11-27(16-19)23(28)12-17-6-2-1-3-7-17/h1-4,6-8,10,13-15,19H,5,9,11-12,16H2/t19-/m0/s1. The molecule has 1 amide bonds. The molecule has 142 valence electrons. The van der Waals surface area contributed by atoms with Crippen LogP contribution in [0.2, 0.25) is 5.02 Å². The van der Waals surface area contributed by atoms with E-state index < -0.39 is 0 Å². The summed E-state index contributed by atoms with van der Waals surface area (Å²) < 4.78 is 0. The molecule has 3 aromatic rings. The largest absolute Gasteiger partial charge is 0.342 e. The molecular formula is C23H22ClN3O. The van der Waals surface area contributed by atoms with Gasteiger partial charge in [-0.2, -0.15) is 0 Å². The molecule has 28 heavy (non-hydrogen) atoms. The Morgan fingerprint density at radius 1 is 1.11 bits per heavy atom. The highest BCUT2D eigenvalue weighted by molar-refractivity contribution is 6.30. The number of benzene rings is 2. The van der Waals surface area contributed by atoms with Gasteiger partial charge in [-0.15, -0.1) is 0 Å². The van der Waals surface area contributed by atoms with Crippen molar-refractivity contribution in [2.75, 3.05) is 13.1 Å². The maximum Gasteiger partial charge on any atom is 0.227 e. The van der Waals surface area contributed by atoms with Crippen LogP contribution in [0.1, 0.15) is 30.0 Å². The molecule has 5 heteroatoms. The molecule has 1 aliphatic heterocycles.